The lowest BCUT2D eigenvalue weighted by Crippen LogP contribution is -2.43. The predicted molar refractivity (Wildman–Crippen MR) is 119 cm³/mol. The predicted octanol–water partition coefficient (Wildman–Crippen LogP) is 3.26. The van der Waals surface area contributed by atoms with Gasteiger partial charge in [-0.1, -0.05) is 12.1 Å². The van der Waals surface area contributed by atoms with Crippen LogP contribution in [0.4, 0.5) is 4.39 Å². The van der Waals surface area contributed by atoms with E-state index in [1.54, 1.807) is 26.4 Å². The zero-order valence-corrected chi connectivity index (χ0v) is 19.3. The molecule has 32 heavy (non-hydrogen) atoms. The van der Waals surface area contributed by atoms with Gasteiger partial charge < -0.3 is 14.8 Å². The number of carbonyl (C=O) groups excluding carboxylic acids is 1. The monoisotopic (exact) mass is 464 g/mol. The smallest absolute Gasteiger partial charge is 0.223 e. The van der Waals surface area contributed by atoms with Gasteiger partial charge >= 0.3 is 0 Å². The minimum atomic E-state index is -3.53. The van der Waals surface area contributed by atoms with E-state index in [2.05, 4.69) is 5.32 Å². The fraction of sp³-hybridized carbons (Fsp3) is 0.435. The minimum absolute atomic E-state index is 0.113. The summed E-state index contributed by atoms with van der Waals surface area (Å²) in [6.07, 6.45) is 0.882. The molecule has 1 N–H and O–H groups in total. The third kappa shape index (κ3) is 5.77. The first-order valence-corrected chi connectivity index (χ1v) is 12.1. The molecule has 2 aromatic rings. The van der Waals surface area contributed by atoms with Crippen LogP contribution >= 0.6 is 0 Å². The first-order valence-electron chi connectivity index (χ1n) is 10.5. The van der Waals surface area contributed by atoms with Crippen molar-refractivity contribution in [2.24, 2.45) is 5.92 Å². The number of benzene rings is 2. The van der Waals surface area contributed by atoms with Crippen LogP contribution in [0.2, 0.25) is 0 Å². The molecule has 1 atom stereocenters. The summed E-state index contributed by atoms with van der Waals surface area (Å²) in [4.78, 5) is 12.8. The van der Waals surface area contributed by atoms with Crippen LogP contribution in [-0.2, 0) is 20.6 Å². The Hall–Kier alpha value is -2.65. The van der Waals surface area contributed by atoms with Crippen molar-refractivity contribution in [1.82, 2.24) is 9.62 Å². The van der Waals surface area contributed by atoms with E-state index in [0.29, 0.717) is 29.9 Å². The van der Waals surface area contributed by atoms with Crippen LogP contribution < -0.4 is 14.8 Å². The Balaban J connectivity index is 1.58. The molecule has 2 aromatic carbocycles. The Morgan fingerprint density at radius 3 is 2.38 bits per heavy atom. The Labute approximate surface area is 188 Å². The number of piperidine rings is 1. The van der Waals surface area contributed by atoms with Gasteiger partial charge in [-0.15, -0.1) is 0 Å². The highest BCUT2D eigenvalue weighted by molar-refractivity contribution is 7.88. The van der Waals surface area contributed by atoms with E-state index in [9.17, 15) is 17.6 Å². The first-order chi connectivity index (χ1) is 15.2. The number of sulfonamides is 1. The van der Waals surface area contributed by atoms with Crippen molar-refractivity contribution in [2.75, 3.05) is 27.3 Å². The number of ether oxygens (including phenoxy) is 2. The Kier molecular flexibility index (Phi) is 7.73. The number of amides is 1. The van der Waals surface area contributed by atoms with E-state index >= 15 is 0 Å². The maximum absolute atomic E-state index is 13.1. The average Bonchev–Trinajstić information content (AvgIpc) is 2.80. The number of carbonyl (C=O) groups is 1. The number of nitrogens with zero attached hydrogens (tertiary/aromatic N) is 1. The molecule has 1 fully saturated rings. The Morgan fingerprint density at radius 2 is 1.78 bits per heavy atom. The van der Waals surface area contributed by atoms with Crippen LogP contribution in [0.3, 0.4) is 0 Å². The third-order valence-corrected chi connectivity index (χ3v) is 7.59. The molecule has 9 heteroatoms. The molecule has 1 amide bonds. The van der Waals surface area contributed by atoms with Crippen LogP contribution in [0.5, 0.6) is 11.5 Å². The van der Waals surface area contributed by atoms with E-state index < -0.39 is 15.8 Å². The molecule has 0 aliphatic carbocycles. The van der Waals surface area contributed by atoms with E-state index in [4.69, 9.17) is 9.47 Å². The zero-order valence-electron chi connectivity index (χ0n) is 18.5. The largest absolute Gasteiger partial charge is 0.497 e. The Morgan fingerprint density at radius 1 is 1.12 bits per heavy atom. The average molecular weight is 465 g/mol. The quantitative estimate of drug-likeness (QED) is 0.648. The highest BCUT2D eigenvalue weighted by Crippen LogP contribution is 2.30. The third-order valence-electron chi connectivity index (χ3n) is 5.74. The van der Waals surface area contributed by atoms with Gasteiger partial charge in [0.1, 0.15) is 17.3 Å². The number of hydrogen-bond acceptors (Lipinski definition) is 5. The van der Waals surface area contributed by atoms with Crippen LogP contribution in [-0.4, -0.2) is 45.9 Å². The summed E-state index contributed by atoms with van der Waals surface area (Å²) in [7, 11) is -0.385. The maximum atomic E-state index is 13.1. The van der Waals surface area contributed by atoms with Crippen molar-refractivity contribution in [3.63, 3.8) is 0 Å². The van der Waals surface area contributed by atoms with E-state index in [-0.39, 0.29) is 36.7 Å². The van der Waals surface area contributed by atoms with E-state index in [1.807, 2.05) is 13.0 Å². The van der Waals surface area contributed by atoms with Gasteiger partial charge in [-0.3, -0.25) is 4.79 Å². The second kappa shape index (κ2) is 10.3. The molecule has 0 saturated carbocycles. The standard InChI is InChI=1S/C23H29FN2O5S/c1-16(21-14-20(30-2)8-9-22(21)31-3)25-23(27)18-10-12-26(13-11-18)32(28,29)15-17-4-6-19(24)7-5-17/h4-9,14,16,18H,10-13,15H2,1-3H3,(H,25,27). The van der Waals surface area contributed by atoms with E-state index in [0.717, 1.165) is 5.56 Å². The number of hydrogen-bond donors (Lipinski definition) is 1. The van der Waals surface area contributed by atoms with Crippen LogP contribution in [0, 0.1) is 11.7 Å². The normalized spacial score (nSPS) is 16.4. The lowest BCUT2D eigenvalue weighted by Gasteiger charge is -2.31. The van der Waals surface area contributed by atoms with Crippen LogP contribution in [0.1, 0.15) is 36.9 Å². The van der Waals surface area contributed by atoms with Gasteiger partial charge in [0.25, 0.3) is 0 Å². The summed E-state index contributed by atoms with van der Waals surface area (Å²) in [6, 6.07) is 10.6. The molecular formula is C23H29FN2O5S. The molecule has 1 heterocycles. The summed E-state index contributed by atoms with van der Waals surface area (Å²) in [5.41, 5.74) is 1.34. The van der Waals surface area contributed by atoms with Gasteiger partial charge in [0.15, 0.2) is 0 Å². The SMILES string of the molecule is COc1ccc(OC)c(C(C)NC(=O)C2CCN(S(=O)(=O)Cc3ccc(F)cc3)CC2)c1. The second-order valence-electron chi connectivity index (χ2n) is 7.89. The molecule has 3 rings (SSSR count). The summed E-state index contributed by atoms with van der Waals surface area (Å²) < 4.78 is 50.6. The number of halogens is 1. The first kappa shape index (κ1) is 24.0. The summed E-state index contributed by atoms with van der Waals surface area (Å²) in [5.74, 6) is 0.349. The number of methoxy groups -OCH3 is 2. The molecule has 1 aliphatic heterocycles. The highest BCUT2D eigenvalue weighted by Gasteiger charge is 2.32. The van der Waals surface area contributed by atoms with Crippen LogP contribution in [0.15, 0.2) is 42.5 Å². The molecule has 1 saturated heterocycles. The topological polar surface area (TPSA) is 84.9 Å². The van der Waals surface area contributed by atoms with Crippen molar-refractivity contribution < 1.29 is 27.1 Å². The van der Waals surface area contributed by atoms with Crippen molar-refractivity contribution in [3.05, 3.63) is 59.4 Å². The number of rotatable bonds is 8. The van der Waals surface area contributed by atoms with Crippen molar-refractivity contribution in [2.45, 2.75) is 31.6 Å². The molecule has 1 aliphatic rings. The highest BCUT2D eigenvalue weighted by atomic mass is 32.2. The van der Waals surface area contributed by atoms with Gasteiger partial charge in [0, 0.05) is 24.6 Å². The van der Waals surface area contributed by atoms with Gasteiger partial charge in [0.05, 0.1) is 26.0 Å². The fourth-order valence-corrected chi connectivity index (χ4v) is 5.43. The van der Waals surface area contributed by atoms with Crippen molar-refractivity contribution in [3.8, 4) is 11.5 Å². The lowest BCUT2D eigenvalue weighted by atomic mass is 9.96. The maximum Gasteiger partial charge on any atom is 0.223 e. The minimum Gasteiger partial charge on any atom is -0.497 e. The molecular weight excluding hydrogens is 435 g/mol. The molecule has 0 radical (unpaired) electrons. The molecule has 0 bridgehead atoms. The number of nitrogens with one attached hydrogen (secondary N) is 1. The van der Waals surface area contributed by atoms with Crippen molar-refractivity contribution >= 4 is 15.9 Å². The van der Waals surface area contributed by atoms with Crippen LogP contribution in [0.25, 0.3) is 0 Å². The molecule has 174 valence electrons. The van der Waals surface area contributed by atoms with Gasteiger partial charge in [0.2, 0.25) is 15.9 Å². The van der Waals surface area contributed by atoms with Gasteiger partial charge in [-0.2, -0.15) is 0 Å². The summed E-state index contributed by atoms with van der Waals surface area (Å²) >= 11 is 0. The molecule has 0 spiro atoms. The molecule has 1 unspecified atom stereocenters. The Bertz CT molecular complexity index is 1030. The fourth-order valence-electron chi connectivity index (χ4n) is 3.87. The lowest BCUT2D eigenvalue weighted by molar-refractivity contribution is -0.126. The van der Waals surface area contributed by atoms with Gasteiger partial charge in [-0.25, -0.2) is 17.1 Å². The molecule has 0 aromatic heterocycles. The summed E-state index contributed by atoms with van der Waals surface area (Å²) in [5, 5.41) is 3.01. The van der Waals surface area contributed by atoms with Crippen molar-refractivity contribution in [1.29, 1.82) is 0 Å². The summed E-state index contributed by atoms with van der Waals surface area (Å²) in [6.45, 7) is 2.43. The molecule has 7 nitrogen and oxygen atoms in total. The van der Waals surface area contributed by atoms with E-state index in [1.165, 1.54) is 28.6 Å². The second-order valence-corrected chi connectivity index (χ2v) is 9.86. The van der Waals surface area contributed by atoms with Gasteiger partial charge in [-0.05, 0) is 55.7 Å². The zero-order chi connectivity index (χ0) is 23.3.